The van der Waals surface area contributed by atoms with Gasteiger partial charge in [0.05, 0.1) is 6.61 Å². The van der Waals surface area contributed by atoms with Crippen molar-refractivity contribution in [2.75, 3.05) is 11.9 Å². The van der Waals surface area contributed by atoms with E-state index in [0.29, 0.717) is 24.4 Å². The summed E-state index contributed by atoms with van der Waals surface area (Å²) in [4.78, 5) is 22.9. The fraction of sp³-hybridized carbons (Fsp3) is 0.357. The van der Waals surface area contributed by atoms with E-state index in [1.165, 1.54) is 0 Å². The van der Waals surface area contributed by atoms with Crippen LogP contribution in [0.4, 0.5) is 5.69 Å². The fourth-order valence-electron chi connectivity index (χ4n) is 1.89. The number of anilines is 1. The first kappa shape index (κ1) is 14.0. The van der Waals surface area contributed by atoms with Crippen molar-refractivity contribution in [3.63, 3.8) is 0 Å². The molecule has 106 valence electrons. The summed E-state index contributed by atoms with van der Waals surface area (Å²) < 4.78 is 5.44. The van der Waals surface area contributed by atoms with Crippen LogP contribution in [-0.4, -0.2) is 24.1 Å². The van der Waals surface area contributed by atoms with E-state index >= 15 is 0 Å². The summed E-state index contributed by atoms with van der Waals surface area (Å²) in [6.45, 7) is 4.44. The van der Waals surface area contributed by atoms with E-state index < -0.39 is 0 Å². The van der Waals surface area contributed by atoms with Crippen LogP contribution in [0.1, 0.15) is 25.3 Å². The number of hydrogen-bond acceptors (Lipinski definition) is 4. The minimum absolute atomic E-state index is 0.168. The molecule has 1 aromatic carbocycles. The molecular weight excluding hydrogens is 258 g/mol. The van der Waals surface area contributed by atoms with E-state index in [4.69, 9.17) is 4.74 Å². The number of carbonyl (C=O) groups is 2. The van der Waals surface area contributed by atoms with Crippen LogP contribution < -0.4 is 15.5 Å². The monoisotopic (exact) mass is 275 g/mol. The van der Waals surface area contributed by atoms with Gasteiger partial charge in [0.2, 0.25) is 5.91 Å². The largest absolute Gasteiger partial charge is 0.494 e. The van der Waals surface area contributed by atoms with Crippen LogP contribution in [0.3, 0.4) is 0 Å². The van der Waals surface area contributed by atoms with Gasteiger partial charge in [-0.3, -0.25) is 9.59 Å². The Hall–Kier alpha value is -2.37. The van der Waals surface area contributed by atoms with Gasteiger partial charge >= 0.3 is 0 Å². The zero-order valence-electron chi connectivity index (χ0n) is 11.5. The molecule has 1 aromatic rings. The van der Waals surface area contributed by atoms with Crippen molar-refractivity contribution in [2.24, 2.45) is 5.10 Å². The molecule has 0 bridgehead atoms. The third kappa shape index (κ3) is 3.34. The molecule has 0 radical (unpaired) electrons. The van der Waals surface area contributed by atoms with Crippen LogP contribution in [-0.2, 0) is 9.59 Å². The Morgan fingerprint density at radius 3 is 2.85 bits per heavy atom. The number of carbonyl (C=O) groups excluding carboxylic acids is 2. The van der Waals surface area contributed by atoms with E-state index in [9.17, 15) is 9.59 Å². The van der Waals surface area contributed by atoms with Gasteiger partial charge in [-0.1, -0.05) is 0 Å². The predicted molar refractivity (Wildman–Crippen MR) is 75.8 cm³/mol. The maximum atomic E-state index is 12.0. The van der Waals surface area contributed by atoms with Gasteiger partial charge in [0.25, 0.3) is 5.91 Å². The molecule has 2 N–H and O–H groups in total. The lowest BCUT2D eigenvalue weighted by molar-refractivity contribution is -0.121. The third-order valence-corrected chi connectivity index (χ3v) is 2.90. The number of nitrogens with one attached hydrogen (secondary N) is 2. The van der Waals surface area contributed by atoms with Crippen molar-refractivity contribution in [3.05, 3.63) is 23.8 Å². The van der Waals surface area contributed by atoms with E-state index in [1.807, 2.05) is 26.0 Å². The van der Waals surface area contributed by atoms with Crippen LogP contribution in [0.2, 0.25) is 0 Å². The quantitative estimate of drug-likeness (QED) is 0.875. The number of benzene rings is 1. The number of hydrogen-bond donors (Lipinski definition) is 2. The van der Waals surface area contributed by atoms with Crippen molar-refractivity contribution >= 4 is 23.2 Å². The molecule has 0 unspecified atom stereocenters. The SMILES string of the molecule is CCOc1ccc(NC(=O)C2=NNC(=O)CC2)cc1C. The summed E-state index contributed by atoms with van der Waals surface area (Å²) in [5.41, 5.74) is 4.26. The van der Waals surface area contributed by atoms with Crippen LogP contribution in [0.15, 0.2) is 23.3 Å². The number of rotatable bonds is 4. The minimum atomic E-state index is -0.298. The van der Waals surface area contributed by atoms with Gasteiger partial charge in [0, 0.05) is 18.5 Å². The van der Waals surface area contributed by atoms with E-state index in [1.54, 1.807) is 6.07 Å². The zero-order valence-corrected chi connectivity index (χ0v) is 11.5. The molecule has 1 heterocycles. The number of ether oxygens (including phenoxy) is 1. The minimum Gasteiger partial charge on any atom is -0.494 e. The highest BCUT2D eigenvalue weighted by Crippen LogP contribution is 2.22. The summed E-state index contributed by atoms with van der Waals surface area (Å²) in [7, 11) is 0. The number of hydrazone groups is 1. The van der Waals surface area contributed by atoms with Gasteiger partial charge < -0.3 is 10.1 Å². The summed E-state index contributed by atoms with van der Waals surface area (Å²) in [6, 6.07) is 5.43. The molecule has 0 aliphatic carbocycles. The van der Waals surface area contributed by atoms with Gasteiger partial charge in [-0.25, -0.2) is 5.43 Å². The molecule has 0 aromatic heterocycles. The first-order valence-corrected chi connectivity index (χ1v) is 6.50. The van der Waals surface area contributed by atoms with Crippen LogP contribution in [0.5, 0.6) is 5.75 Å². The molecule has 0 saturated heterocycles. The summed E-state index contributed by atoms with van der Waals surface area (Å²) in [5.74, 6) is 0.333. The number of nitrogens with zero attached hydrogens (tertiary/aromatic N) is 1. The van der Waals surface area contributed by atoms with Gasteiger partial charge in [-0.15, -0.1) is 0 Å². The third-order valence-electron chi connectivity index (χ3n) is 2.90. The standard InChI is InChI=1S/C14H17N3O3/c1-3-20-12-6-4-10(8-9(12)2)15-14(19)11-5-7-13(18)17-16-11/h4,6,8H,3,5,7H2,1-2H3,(H,15,19)(H,17,18). The molecule has 1 aliphatic heterocycles. The fourth-order valence-corrected chi connectivity index (χ4v) is 1.89. The molecular formula is C14H17N3O3. The Bertz CT molecular complexity index is 567. The average molecular weight is 275 g/mol. The molecule has 20 heavy (non-hydrogen) atoms. The number of amides is 2. The molecule has 0 saturated carbocycles. The average Bonchev–Trinajstić information content (AvgIpc) is 2.42. The Balaban J connectivity index is 2.04. The zero-order chi connectivity index (χ0) is 14.5. The normalized spacial score (nSPS) is 14.3. The van der Waals surface area contributed by atoms with Crippen LogP contribution in [0, 0.1) is 6.92 Å². The predicted octanol–water partition coefficient (Wildman–Crippen LogP) is 1.60. The molecule has 2 amide bonds. The molecule has 0 atom stereocenters. The molecule has 6 heteroatoms. The lowest BCUT2D eigenvalue weighted by atomic mass is 10.1. The van der Waals surface area contributed by atoms with E-state index in [2.05, 4.69) is 15.8 Å². The van der Waals surface area contributed by atoms with Gasteiger partial charge in [-0.2, -0.15) is 5.10 Å². The Labute approximate surface area is 117 Å². The smallest absolute Gasteiger partial charge is 0.271 e. The van der Waals surface area contributed by atoms with Crippen molar-refractivity contribution < 1.29 is 14.3 Å². The molecule has 1 aliphatic rings. The highest BCUT2D eigenvalue weighted by Gasteiger charge is 2.18. The van der Waals surface area contributed by atoms with E-state index in [0.717, 1.165) is 11.3 Å². The number of aryl methyl sites for hydroxylation is 1. The molecule has 0 fully saturated rings. The van der Waals surface area contributed by atoms with Crippen molar-refractivity contribution in [3.8, 4) is 5.75 Å². The Kier molecular flexibility index (Phi) is 4.34. The lowest BCUT2D eigenvalue weighted by Gasteiger charge is -2.13. The highest BCUT2D eigenvalue weighted by atomic mass is 16.5. The summed E-state index contributed by atoms with van der Waals surface area (Å²) >= 11 is 0. The maximum Gasteiger partial charge on any atom is 0.271 e. The van der Waals surface area contributed by atoms with Gasteiger partial charge in [0.15, 0.2) is 0 Å². The first-order chi connectivity index (χ1) is 9.60. The second-order valence-corrected chi connectivity index (χ2v) is 4.46. The van der Waals surface area contributed by atoms with Gasteiger partial charge in [0.1, 0.15) is 11.5 Å². The first-order valence-electron chi connectivity index (χ1n) is 6.50. The van der Waals surface area contributed by atoms with Crippen molar-refractivity contribution in [1.29, 1.82) is 0 Å². The molecule has 6 nitrogen and oxygen atoms in total. The Morgan fingerprint density at radius 2 is 2.25 bits per heavy atom. The topological polar surface area (TPSA) is 79.8 Å². The van der Waals surface area contributed by atoms with E-state index in [-0.39, 0.29) is 18.2 Å². The lowest BCUT2D eigenvalue weighted by Crippen LogP contribution is -2.32. The van der Waals surface area contributed by atoms with Crippen LogP contribution in [0.25, 0.3) is 0 Å². The second-order valence-electron chi connectivity index (χ2n) is 4.46. The van der Waals surface area contributed by atoms with Crippen molar-refractivity contribution in [1.82, 2.24) is 5.43 Å². The van der Waals surface area contributed by atoms with Crippen LogP contribution >= 0.6 is 0 Å². The van der Waals surface area contributed by atoms with Crippen molar-refractivity contribution in [2.45, 2.75) is 26.7 Å². The maximum absolute atomic E-state index is 12.0. The summed E-state index contributed by atoms with van der Waals surface area (Å²) in [6.07, 6.45) is 0.641. The molecule has 2 rings (SSSR count). The second kappa shape index (κ2) is 6.18. The van der Waals surface area contributed by atoms with Gasteiger partial charge in [-0.05, 0) is 37.6 Å². The molecule has 0 spiro atoms. The highest BCUT2D eigenvalue weighted by molar-refractivity contribution is 6.43. The Morgan fingerprint density at radius 1 is 1.45 bits per heavy atom. The summed E-state index contributed by atoms with van der Waals surface area (Å²) in [5, 5.41) is 6.52.